The van der Waals surface area contributed by atoms with Gasteiger partial charge in [-0.25, -0.2) is 8.42 Å². The lowest BCUT2D eigenvalue weighted by molar-refractivity contribution is -0.116. The number of anilines is 1. The summed E-state index contributed by atoms with van der Waals surface area (Å²) in [5.41, 5.74) is 1.42. The summed E-state index contributed by atoms with van der Waals surface area (Å²) < 4.78 is 23.5. The molecule has 0 bridgehead atoms. The third-order valence-electron chi connectivity index (χ3n) is 4.56. The number of benzene rings is 3. The van der Waals surface area contributed by atoms with Crippen LogP contribution in [0.25, 0.3) is 0 Å². The molecule has 8 heteroatoms. The standard InChI is InChI=1S/C23H21ClN2O4S/c1-31(29,30)18-11-7-10-17(14-18)25-22(27)15-21(16-8-3-2-4-9-16)26-23(28)19-12-5-6-13-20(19)24/h2-14,21H,15H2,1H3,(H,25,27)(H,26,28). The Hall–Kier alpha value is -3.16. The van der Waals surface area contributed by atoms with Crippen molar-refractivity contribution < 1.29 is 18.0 Å². The molecule has 0 aliphatic heterocycles. The van der Waals surface area contributed by atoms with Gasteiger partial charge in [0.15, 0.2) is 9.84 Å². The number of carbonyl (C=O) groups excluding carboxylic acids is 2. The molecule has 0 saturated heterocycles. The van der Waals surface area contributed by atoms with Crippen LogP contribution in [0.5, 0.6) is 0 Å². The van der Waals surface area contributed by atoms with E-state index in [1.165, 1.54) is 12.1 Å². The molecule has 160 valence electrons. The zero-order valence-corrected chi connectivity index (χ0v) is 18.3. The van der Waals surface area contributed by atoms with Gasteiger partial charge in [-0.3, -0.25) is 9.59 Å². The molecule has 0 radical (unpaired) electrons. The maximum absolute atomic E-state index is 12.8. The number of nitrogens with one attached hydrogen (secondary N) is 2. The Labute approximate surface area is 186 Å². The molecule has 3 rings (SSSR count). The summed E-state index contributed by atoms with van der Waals surface area (Å²) in [7, 11) is -3.40. The molecule has 3 aromatic carbocycles. The Balaban J connectivity index is 1.79. The van der Waals surface area contributed by atoms with Gasteiger partial charge in [0.1, 0.15) is 0 Å². The minimum absolute atomic E-state index is 0.0523. The van der Waals surface area contributed by atoms with Crippen LogP contribution >= 0.6 is 11.6 Å². The molecule has 1 unspecified atom stereocenters. The molecule has 2 N–H and O–H groups in total. The summed E-state index contributed by atoms with van der Waals surface area (Å²) in [6.45, 7) is 0. The second-order valence-corrected chi connectivity index (χ2v) is 9.39. The van der Waals surface area contributed by atoms with Gasteiger partial charge in [0.2, 0.25) is 5.91 Å². The number of halogens is 1. The molecule has 0 aliphatic carbocycles. The largest absolute Gasteiger partial charge is 0.345 e. The number of carbonyl (C=O) groups is 2. The maximum Gasteiger partial charge on any atom is 0.253 e. The van der Waals surface area contributed by atoms with Gasteiger partial charge in [0.25, 0.3) is 5.91 Å². The van der Waals surface area contributed by atoms with E-state index in [2.05, 4.69) is 10.6 Å². The van der Waals surface area contributed by atoms with E-state index < -0.39 is 21.8 Å². The van der Waals surface area contributed by atoms with Gasteiger partial charge in [-0.2, -0.15) is 0 Å². The SMILES string of the molecule is CS(=O)(=O)c1cccc(NC(=O)CC(NC(=O)c2ccccc2Cl)c2ccccc2)c1. The minimum Gasteiger partial charge on any atom is -0.345 e. The molecule has 0 fully saturated rings. The van der Waals surface area contributed by atoms with Crippen LogP contribution in [0, 0.1) is 0 Å². The number of hydrogen-bond donors (Lipinski definition) is 2. The third kappa shape index (κ3) is 6.16. The lowest BCUT2D eigenvalue weighted by Gasteiger charge is -2.19. The Morgan fingerprint density at radius 3 is 2.29 bits per heavy atom. The molecule has 0 aliphatic rings. The predicted octanol–water partition coefficient (Wildman–Crippen LogP) is 4.24. The van der Waals surface area contributed by atoms with Crippen molar-refractivity contribution in [2.75, 3.05) is 11.6 Å². The molecule has 0 heterocycles. The van der Waals surface area contributed by atoms with Crippen molar-refractivity contribution in [1.29, 1.82) is 0 Å². The highest BCUT2D eigenvalue weighted by Gasteiger charge is 2.21. The molecular weight excluding hydrogens is 436 g/mol. The average molecular weight is 457 g/mol. The molecule has 0 saturated carbocycles. The van der Waals surface area contributed by atoms with E-state index in [9.17, 15) is 18.0 Å². The molecule has 0 aromatic heterocycles. The first-order chi connectivity index (χ1) is 14.7. The average Bonchev–Trinajstić information content (AvgIpc) is 2.73. The topological polar surface area (TPSA) is 92.3 Å². The molecule has 1 atom stereocenters. The Bertz CT molecular complexity index is 1200. The van der Waals surface area contributed by atoms with Crippen LogP contribution in [-0.2, 0) is 14.6 Å². The maximum atomic E-state index is 12.8. The number of amides is 2. The van der Waals surface area contributed by atoms with Gasteiger partial charge in [-0.05, 0) is 35.9 Å². The smallest absolute Gasteiger partial charge is 0.253 e. The van der Waals surface area contributed by atoms with E-state index in [-0.39, 0.29) is 17.2 Å². The molecule has 31 heavy (non-hydrogen) atoms. The van der Waals surface area contributed by atoms with Crippen molar-refractivity contribution >= 4 is 38.9 Å². The van der Waals surface area contributed by atoms with E-state index in [0.29, 0.717) is 16.3 Å². The normalized spacial score (nSPS) is 12.1. The minimum atomic E-state index is -3.40. The first-order valence-corrected chi connectivity index (χ1v) is 11.7. The van der Waals surface area contributed by atoms with Gasteiger partial charge in [-0.15, -0.1) is 0 Å². The van der Waals surface area contributed by atoms with E-state index in [4.69, 9.17) is 11.6 Å². The zero-order chi connectivity index (χ0) is 22.4. The highest BCUT2D eigenvalue weighted by molar-refractivity contribution is 7.90. The molecule has 0 spiro atoms. The first-order valence-electron chi connectivity index (χ1n) is 9.44. The van der Waals surface area contributed by atoms with E-state index in [1.54, 1.807) is 36.4 Å². The summed E-state index contributed by atoms with van der Waals surface area (Å²) in [5, 5.41) is 5.87. The van der Waals surface area contributed by atoms with Crippen molar-refractivity contribution in [3.63, 3.8) is 0 Å². The Kier molecular flexibility index (Phi) is 7.09. The number of sulfone groups is 1. The summed E-state index contributed by atoms with van der Waals surface area (Å²) >= 11 is 6.12. The second-order valence-electron chi connectivity index (χ2n) is 6.97. The van der Waals surface area contributed by atoms with E-state index >= 15 is 0 Å². The van der Waals surface area contributed by atoms with Gasteiger partial charge in [-0.1, -0.05) is 60.1 Å². The Morgan fingerprint density at radius 1 is 0.935 bits per heavy atom. The van der Waals surface area contributed by atoms with Crippen molar-refractivity contribution in [2.24, 2.45) is 0 Å². The second kappa shape index (κ2) is 9.76. The van der Waals surface area contributed by atoms with Gasteiger partial charge >= 0.3 is 0 Å². The van der Waals surface area contributed by atoms with Crippen LogP contribution < -0.4 is 10.6 Å². The van der Waals surface area contributed by atoms with Gasteiger partial charge in [0.05, 0.1) is 27.9 Å². The highest BCUT2D eigenvalue weighted by Crippen LogP contribution is 2.22. The summed E-state index contributed by atoms with van der Waals surface area (Å²) in [4.78, 5) is 25.6. The lowest BCUT2D eigenvalue weighted by atomic mass is 10.0. The fraction of sp³-hybridized carbons (Fsp3) is 0.130. The Morgan fingerprint density at radius 2 is 1.61 bits per heavy atom. The van der Waals surface area contributed by atoms with Crippen LogP contribution in [0.1, 0.15) is 28.4 Å². The van der Waals surface area contributed by atoms with Crippen LogP contribution in [0.4, 0.5) is 5.69 Å². The quantitative estimate of drug-likeness (QED) is 0.556. The summed E-state index contributed by atoms with van der Waals surface area (Å²) in [5.74, 6) is -0.773. The van der Waals surface area contributed by atoms with Crippen molar-refractivity contribution in [2.45, 2.75) is 17.4 Å². The molecule has 3 aromatic rings. The monoisotopic (exact) mass is 456 g/mol. The molecular formula is C23H21ClN2O4S. The van der Waals surface area contributed by atoms with Gasteiger partial charge in [0, 0.05) is 11.9 Å². The fourth-order valence-electron chi connectivity index (χ4n) is 3.02. The van der Waals surface area contributed by atoms with Crippen LogP contribution in [-0.4, -0.2) is 26.5 Å². The third-order valence-corrected chi connectivity index (χ3v) is 6.00. The van der Waals surface area contributed by atoms with Crippen LogP contribution in [0.2, 0.25) is 5.02 Å². The van der Waals surface area contributed by atoms with E-state index in [0.717, 1.165) is 11.8 Å². The predicted molar refractivity (Wildman–Crippen MR) is 121 cm³/mol. The highest BCUT2D eigenvalue weighted by atomic mass is 35.5. The van der Waals surface area contributed by atoms with E-state index in [1.807, 2.05) is 30.3 Å². The summed E-state index contributed by atoms with van der Waals surface area (Å²) in [6, 6.07) is 21.2. The number of hydrogen-bond acceptors (Lipinski definition) is 4. The molecule has 2 amide bonds. The lowest BCUT2D eigenvalue weighted by Crippen LogP contribution is -2.31. The van der Waals surface area contributed by atoms with Crippen molar-refractivity contribution in [3.8, 4) is 0 Å². The van der Waals surface area contributed by atoms with Crippen molar-refractivity contribution in [1.82, 2.24) is 5.32 Å². The van der Waals surface area contributed by atoms with Crippen LogP contribution in [0.15, 0.2) is 83.8 Å². The first kappa shape index (κ1) is 22.5. The zero-order valence-electron chi connectivity index (χ0n) is 16.7. The van der Waals surface area contributed by atoms with Gasteiger partial charge < -0.3 is 10.6 Å². The number of rotatable bonds is 7. The van der Waals surface area contributed by atoms with Crippen molar-refractivity contribution in [3.05, 3.63) is 95.0 Å². The van der Waals surface area contributed by atoms with Crippen LogP contribution in [0.3, 0.4) is 0 Å². The summed E-state index contributed by atoms with van der Waals surface area (Å²) in [6.07, 6.45) is 1.05. The molecule has 6 nitrogen and oxygen atoms in total. The fourth-order valence-corrected chi connectivity index (χ4v) is 3.91.